The van der Waals surface area contributed by atoms with Gasteiger partial charge in [-0.05, 0) is 24.6 Å². The summed E-state index contributed by atoms with van der Waals surface area (Å²) in [6.07, 6.45) is 0.848. The average molecular weight is 376 g/mol. The first kappa shape index (κ1) is 19.8. The number of ether oxygens (including phenoxy) is 2. The van der Waals surface area contributed by atoms with Crippen molar-refractivity contribution in [1.82, 2.24) is 0 Å². The van der Waals surface area contributed by atoms with Crippen LogP contribution in [0.15, 0.2) is 48.5 Å². The number of carbonyl (C=O) groups excluding carboxylic acids is 2. The van der Waals surface area contributed by atoms with Gasteiger partial charge >= 0.3 is 5.97 Å². The number of anilines is 1. The van der Waals surface area contributed by atoms with Gasteiger partial charge in [-0.2, -0.15) is 0 Å². The standard InChI is InChI=1S/C20H22ClNO4/c1-3-4-10-18(23)26-19(14-8-6-5-7-9-14)20(24)22-15-11-12-17(25-2)16(21)13-15/h5-9,11-13,19H,3-4,10H2,1-2H3,(H,22,24)/t19-/m0/s1. The van der Waals surface area contributed by atoms with Gasteiger partial charge in [0.2, 0.25) is 6.10 Å². The van der Waals surface area contributed by atoms with E-state index in [0.717, 1.165) is 12.8 Å². The van der Waals surface area contributed by atoms with Gasteiger partial charge in [0, 0.05) is 17.7 Å². The van der Waals surface area contributed by atoms with E-state index in [-0.39, 0.29) is 6.42 Å². The molecular weight excluding hydrogens is 354 g/mol. The summed E-state index contributed by atoms with van der Waals surface area (Å²) in [4.78, 5) is 24.8. The minimum absolute atomic E-state index is 0.279. The summed E-state index contributed by atoms with van der Waals surface area (Å²) in [6, 6.07) is 13.8. The molecule has 0 fully saturated rings. The highest BCUT2D eigenvalue weighted by Gasteiger charge is 2.25. The Hall–Kier alpha value is -2.53. The fraction of sp³-hybridized carbons (Fsp3) is 0.300. The van der Waals surface area contributed by atoms with Crippen molar-refractivity contribution in [2.45, 2.75) is 32.3 Å². The lowest BCUT2D eigenvalue weighted by molar-refractivity contribution is -0.154. The average Bonchev–Trinajstić information content (AvgIpc) is 2.65. The van der Waals surface area contributed by atoms with E-state index < -0.39 is 18.0 Å². The highest BCUT2D eigenvalue weighted by atomic mass is 35.5. The van der Waals surface area contributed by atoms with Crippen LogP contribution in [0.3, 0.4) is 0 Å². The molecule has 0 bridgehead atoms. The second-order valence-corrected chi connectivity index (χ2v) is 6.13. The normalized spacial score (nSPS) is 11.5. The largest absolute Gasteiger partial charge is 0.495 e. The van der Waals surface area contributed by atoms with Crippen molar-refractivity contribution in [1.29, 1.82) is 0 Å². The van der Waals surface area contributed by atoms with E-state index in [1.165, 1.54) is 7.11 Å². The first-order chi connectivity index (χ1) is 12.5. The molecule has 0 heterocycles. The Morgan fingerprint density at radius 2 is 1.88 bits per heavy atom. The predicted molar refractivity (Wildman–Crippen MR) is 101 cm³/mol. The summed E-state index contributed by atoms with van der Waals surface area (Å²) in [5.41, 5.74) is 1.10. The minimum atomic E-state index is -1.03. The number of amides is 1. The van der Waals surface area contributed by atoms with Crippen LogP contribution in [0.25, 0.3) is 0 Å². The predicted octanol–water partition coefficient (Wildman–Crippen LogP) is 4.76. The number of nitrogens with one attached hydrogen (secondary N) is 1. The summed E-state index contributed by atoms with van der Waals surface area (Å²) in [7, 11) is 1.51. The zero-order valence-electron chi connectivity index (χ0n) is 14.8. The molecule has 5 nitrogen and oxygen atoms in total. The molecule has 1 amide bonds. The van der Waals surface area contributed by atoms with Crippen molar-refractivity contribution < 1.29 is 19.1 Å². The van der Waals surface area contributed by atoms with Crippen LogP contribution in [0.4, 0.5) is 5.69 Å². The highest BCUT2D eigenvalue weighted by Crippen LogP contribution is 2.28. The molecule has 1 N–H and O–H groups in total. The van der Waals surface area contributed by atoms with E-state index in [2.05, 4.69) is 5.32 Å². The van der Waals surface area contributed by atoms with Crippen molar-refractivity contribution in [2.75, 3.05) is 12.4 Å². The van der Waals surface area contributed by atoms with E-state index >= 15 is 0 Å². The lowest BCUT2D eigenvalue weighted by atomic mass is 10.1. The monoisotopic (exact) mass is 375 g/mol. The molecule has 0 aliphatic rings. The van der Waals surface area contributed by atoms with Crippen molar-refractivity contribution >= 4 is 29.2 Å². The summed E-state index contributed by atoms with van der Waals surface area (Å²) < 4.78 is 10.5. The Morgan fingerprint density at radius 3 is 2.50 bits per heavy atom. The number of rotatable bonds is 8. The first-order valence-electron chi connectivity index (χ1n) is 8.44. The minimum Gasteiger partial charge on any atom is -0.495 e. The molecule has 0 radical (unpaired) electrons. The summed E-state index contributed by atoms with van der Waals surface area (Å²) >= 11 is 6.09. The van der Waals surface area contributed by atoms with Gasteiger partial charge in [0.05, 0.1) is 12.1 Å². The van der Waals surface area contributed by atoms with Crippen LogP contribution in [0.2, 0.25) is 5.02 Å². The van der Waals surface area contributed by atoms with Crippen LogP contribution < -0.4 is 10.1 Å². The lowest BCUT2D eigenvalue weighted by Gasteiger charge is -2.18. The molecule has 0 unspecified atom stereocenters. The summed E-state index contributed by atoms with van der Waals surface area (Å²) in [6.45, 7) is 1.99. The second-order valence-electron chi connectivity index (χ2n) is 5.72. The Bertz CT molecular complexity index is 749. The third-order valence-electron chi connectivity index (χ3n) is 3.74. The number of esters is 1. The molecule has 2 rings (SSSR count). The molecule has 2 aromatic carbocycles. The van der Waals surface area contributed by atoms with Crippen molar-refractivity contribution in [2.24, 2.45) is 0 Å². The Kier molecular flexibility index (Phi) is 7.48. The molecule has 6 heteroatoms. The fourth-order valence-electron chi connectivity index (χ4n) is 2.36. The number of methoxy groups -OCH3 is 1. The molecule has 26 heavy (non-hydrogen) atoms. The van der Waals surface area contributed by atoms with E-state index in [0.29, 0.717) is 22.0 Å². The maximum atomic E-state index is 12.7. The van der Waals surface area contributed by atoms with E-state index in [1.807, 2.05) is 13.0 Å². The number of benzene rings is 2. The lowest BCUT2D eigenvalue weighted by Crippen LogP contribution is -2.25. The molecule has 1 atom stereocenters. The summed E-state index contributed by atoms with van der Waals surface area (Å²) in [5, 5.41) is 3.11. The third kappa shape index (κ3) is 5.49. The molecular formula is C20H22ClNO4. The first-order valence-corrected chi connectivity index (χ1v) is 8.81. The zero-order chi connectivity index (χ0) is 18.9. The van der Waals surface area contributed by atoms with Crippen LogP contribution in [0.1, 0.15) is 37.9 Å². The molecule has 0 aliphatic heterocycles. The van der Waals surface area contributed by atoms with Gasteiger partial charge in [-0.15, -0.1) is 0 Å². The number of unbranched alkanes of at least 4 members (excludes halogenated alkanes) is 1. The van der Waals surface area contributed by atoms with Crippen LogP contribution in [-0.2, 0) is 14.3 Å². The second kappa shape index (κ2) is 9.82. The number of hydrogen-bond acceptors (Lipinski definition) is 4. The SMILES string of the molecule is CCCCC(=O)O[C@H](C(=O)Nc1ccc(OC)c(Cl)c1)c1ccccc1. The van der Waals surface area contributed by atoms with Crippen molar-refractivity contribution in [3.8, 4) is 5.75 Å². The van der Waals surface area contributed by atoms with E-state index in [4.69, 9.17) is 21.1 Å². The van der Waals surface area contributed by atoms with Crippen LogP contribution in [0, 0.1) is 0 Å². The maximum absolute atomic E-state index is 12.7. The molecule has 0 aliphatic carbocycles. The molecule has 0 aromatic heterocycles. The molecule has 0 saturated carbocycles. The van der Waals surface area contributed by atoms with Gasteiger partial charge in [-0.1, -0.05) is 55.3 Å². The zero-order valence-corrected chi connectivity index (χ0v) is 15.6. The Balaban J connectivity index is 2.17. The van der Waals surface area contributed by atoms with Gasteiger partial charge in [0.15, 0.2) is 0 Å². The van der Waals surface area contributed by atoms with Crippen molar-refractivity contribution in [3.05, 3.63) is 59.1 Å². The molecule has 0 saturated heterocycles. The van der Waals surface area contributed by atoms with Gasteiger partial charge in [-0.3, -0.25) is 9.59 Å². The molecule has 2 aromatic rings. The van der Waals surface area contributed by atoms with Gasteiger partial charge in [-0.25, -0.2) is 0 Å². The van der Waals surface area contributed by atoms with Gasteiger partial charge in [0.1, 0.15) is 5.75 Å². The van der Waals surface area contributed by atoms with Gasteiger partial charge < -0.3 is 14.8 Å². The van der Waals surface area contributed by atoms with E-state index in [9.17, 15) is 9.59 Å². The van der Waals surface area contributed by atoms with Gasteiger partial charge in [0.25, 0.3) is 5.91 Å². The smallest absolute Gasteiger partial charge is 0.306 e. The number of carbonyl (C=O) groups is 2. The Labute approximate surface area is 158 Å². The van der Waals surface area contributed by atoms with E-state index in [1.54, 1.807) is 42.5 Å². The molecule has 138 valence electrons. The Morgan fingerprint density at radius 1 is 1.15 bits per heavy atom. The van der Waals surface area contributed by atoms with Crippen molar-refractivity contribution in [3.63, 3.8) is 0 Å². The topological polar surface area (TPSA) is 64.6 Å². The third-order valence-corrected chi connectivity index (χ3v) is 4.04. The number of hydrogen-bond donors (Lipinski definition) is 1. The number of halogens is 1. The highest BCUT2D eigenvalue weighted by molar-refractivity contribution is 6.32. The fourth-order valence-corrected chi connectivity index (χ4v) is 2.62. The van der Waals surface area contributed by atoms with Crippen LogP contribution >= 0.6 is 11.6 Å². The maximum Gasteiger partial charge on any atom is 0.306 e. The molecule has 0 spiro atoms. The quantitative estimate of drug-likeness (QED) is 0.675. The van der Waals surface area contributed by atoms with Crippen LogP contribution in [-0.4, -0.2) is 19.0 Å². The summed E-state index contributed by atoms with van der Waals surface area (Å²) in [5.74, 6) is -0.332. The van der Waals surface area contributed by atoms with Crippen LogP contribution in [0.5, 0.6) is 5.75 Å².